The van der Waals surface area contributed by atoms with Crippen molar-refractivity contribution in [1.29, 1.82) is 0 Å². The van der Waals surface area contributed by atoms with Gasteiger partial charge in [-0.2, -0.15) is 0 Å². The van der Waals surface area contributed by atoms with E-state index in [1.165, 1.54) is 29.7 Å². The van der Waals surface area contributed by atoms with Crippen LogP contribution >= 0.6 is 11.3 Å². The van der Waals surface area contributed by atoms with Crippen LogP contribution in [0.1, 0.15) is 21.3 Å². The Kier molecular flexibility index (Phi) is 4.91. The van der Waals surface area contributed by atoms with Crippen molar-refractivity contribution in [2.75, 3.05) is 19.7 Å². The molecule has 2 aromatic heterocycles. The van der Waals surface area contributed by atoms with Crippen molar-refractivity contribution in [3.63, 3.8) is 0 Å². The normalized spacial score (nSPS) is 17.1. The largest absolute Gasteiger partial charge is 0.370 e. The van der Waals surface area contributed by atoms with Gasteiger partial charge >= 0.3 is 0 Å². The Morgan fingerprint density at radius 2 is 2.11 bits per heavy atom. The first-order valence-electron chi connectivity index (χ1n) is 8.35. The zero-order chi connectivity index (χ0) is 18.8. The molecule has 0 radical (unpaired) electrons. The van der Waals surface area contributed by atoms with Crippen LogP contribution in [0.25, 0.3) is 10.7 Å². The zero-order valence-corrected chi connectivity index (χ0v) is 15.0. The summed E-state index contributed by atoms with van der Waals surface area (Å²) >= 11 is 1.26. The fraction of sp³-hybridized carbons (Fsp3) is 0.211. The number of pyridine rings is 1. The lowest BCUT2D eigenvalue weighted by Gasteiger charge is -2.33. The average Bonchev–Trinajstić information content (AvgIpc) is 3.18. The summed E-state index contributed by atoms with van der Waals surface area (Å²) < 4.78 is 32.8. The maximum Gasteiger partial charge on any atom is 0.265 e. The highest BCUT2D eigenvalue weighted by atomic mass is 32.1. The fourth-order valence-electron chi connectivity index (χ4n) is 2.92. The number of nitrogens with zero attached hydrogens (tertiary/aromatic N) is 3. The lowest BCUT2D eigenvalue weighted by atomic mass is 10.1. The molecule has 1 fully saturated rings. The number of aromatic nitrogens is 2. The topological polar surface area (TPSA) is 55.3 Å². The minimum absolute atomic E-state index is 0.189. The van der Waals surface area contributed by atoms with Crippen molar-refractivity contribution in [2.45, 2.75) is 6.10 Å². The molecule has 0 spiro atoms. The van der Waals surface area contributed by atoms with Gasteiger partial charge in [-0.05, 0) is 18.2 Å². The first-order valence-corrected chi connectivity index (χ1v) is 9.16. The highest BCUT2D eigenvalue weighted by Gasteiger charge is 2.29. The van der Waals surface area contributed by atoms with Crippen molar-refractivity contribution >= 4 is 17.2 Å². The molecule has 1 amide bonds. The first-order chi connectivity index (χ1) is 13.1. The molecule has 3 aromatic rings. The summed E-state index contributed by atoms with van der Waals surface area (Å²) in [6.07, 6.45) is 2.56. The van der Waals surface area contributed by atoms with Gasteiger partial charge in [-0.15, -0.1) is 11.3 Å². The Bertz CT molecular complexity index is 965. The van der Waals surface area contributed by atoms with E-state index in [1.54, 1.807) is 11.1 Å². The van der Waals surface area contributed by atoms with Crippen LogP contribution in [0.4, 0.5) is 8.78 Å². The highest BCUT2D eigenvalue weighted by Crippen LogP contribution is 2.28. The number of ether oxygens (including phenoxy) is 1. The molecule has 5 nitrogen and oxygen atoms in total. The van der Waals surface area contributed by atoms with E-state index in [-0.39, 0.29) is 24.6 Å². The summed E-state index contributed by atoms with van der Waals surface area (Å²) in [5, 5.41) is 0.660. The number of amides is 1. The fourth-order valence-corrected chi connectivity index (χ4v) is 3.78. The number of morpholine rings is 1. The molecule has 1 atom stereocenters. The molecular weight excluding hydrogens is 372 g/mol. The van der Waals surface area contributed by atoms with Crippen LogP contribution in [-0.2, 0) is 4.74 Å². The van der Waals surface area contributed by atoms with E-state index < -0.39 is 17.7 Å². The number of benzene rings is 1. The van der Waals surface area contributed by atoms with Crippen LogP contribution in [0.15, 0.2) is 48.8 Å². The van der Waals surface area contributed by atoms with Gasteiger partial charge in [0, 0.05) is 24.4 Å². The molecule has 1 unspecified atom stereocenters. The SMILES string of the molecule is O=C(c1cnc(-c2ccccn2)s1)N1CCOC(c2ccc(F)cc2F)C1. The monoisotopic (exact) mass is 387 g/mol. The summed E-state index contributed by atoms with van der Waals surface area (Å²) in [6.45, 7) is 0.867. The smallest absolute Gasteiger partial charge is 0.265 e. The van der Waals surface area contributed by atoms with E-state index in [1.807, 2.05) is 18.2 Å². The van der Waals surface area contributed by atoms with Crippen molar-refractivity contribution in [2.24, 2.45) is 0 Å². The first kappa shape index (κ1) is 17.7. The molecule has 1 aliphatic heterocycles. The van der Waals surface area contributed by atoms with E-state index >= 15 is 0 Å². The van der Waals surface area contributed by atoms with Gasteiger partial charge in [0.1, 0.15) is 27.6 Å². The summed E-state index contributed by atoms with van der Waals surface area (Å²) in [6, 6.07) is 8.86. The second kappa shape index (κ2) is 7.50. The van der Waals surface area contributed by atoms with Crippen LogP contribution in [0.3, 0.4) is 0 Å². The predicted octanol–water partition coefficient (Wildman–Crippen LogP) is 3.70. The van der Waals surface area contributed by atoms with Crippen LogP contribution in [0.2, 0.25) is 0 Å². The van der Waals surface area contributed by atoms with Crippen LogP contribution in [-0.4, -0.2) is 40.5 Å². The number of halogens is 2. The van der Waals surface area contributed by atoms with Gasteiger partial charge < -0.3 is 9.64 Å². The molecule has 4 rings (SSSR count). The molecule has 8 heteroatoms. The maximum atomic E-state index is 14.0. The Morgan fingerprint density at radius 3 is 2.89 bits per heavy atom. The van der Waals surface area contributed by atoms with Crippen LogP contribution in [0, 0.1) is 11.6 Å². The molecular formula is C19H15F2N3O2S. The lowest BCUT2D eigenvalue weighted by molar-refractivity contribution is -0.0241. The van der Waals surface area contributed by atoms with Gasteiger partial charge in [0.25, 0.3) is 5.91 Å². The van der Waals surface area contributed by atoms with Crippen molar-refractivity contribution in [3.8, 4) is 10.7 Å². The zero-order valence-electron chi connectivity index (χ0n) is 14.1. The number of carbonyl (C=O) groups excluding carboxylic acids is 1. The van der Waals surface area contributed by atoms with E-state index in [2.05, 4.69) is 9.97 Å². The van der Waals surface area contributed by atoms with E-state index in [4.69, 9.17) is 4.74 Å². The predicted molar refractivity (Wildman–Crippen MR) is 96.3 cm³/mol. The third kappa shape index (κ3) is 3.72. The second-order valence-electron chi connectivity index (χ2n) is 6.02. The Labute approximate surface area is 158 Å². The van der Waals surface area contributed by atoms with Crippen LogP contribution < -0.4 is 0 Å². The Hall–Kier alpha value is -2.71. The summed E-state index contributed by atoms with van der Waals surface area (Å²) in [5.41, 5.74) is 0.946. The highest BCUT2D eigenvalue weighted by molar-refractivity contribution is 7.16. The summed E-state index contributed by atoms with van der Waals surface area (Å²) in [7, 11) is 0. The van der Waals surface area contributed by atoms with E-state index in [0.717, 1.165) is 6.07 Å². The molecule has 1 aliphatic rings. The summed E-state index contributed by atoms with van der Waals surface area (Å²) in [4.78, 5) is 23.4. The van der Waals surface area contributed by atoms with Gasteiger partial charge in [0.2, 0.25) is 0 Å². The summed E-state index contributed by atoms with van der Waals surface area (Å²) in [5.74, 6) is -1.51. The molecule has 0 bridgehead atoms. The van der Waals surface area contributed by atoms with Crippen molar-refractivity contribution in [3.05, 3.63) is 70.9 Å². The number of hydrogen-bond acceptors (Lipinski definition) is 5. The minimum Gasteiger partial charge on any atom is -0.370 e. The maximum absolute atomic E-state index is 14.0. The van der Waals surface area contributed by atoms with Gasteiger partial charge in [-0.3, -0.25) is 9.78 Å². The molecule has 0 aliphatic carbocycles. The lowest BCUT2D eigenvalue weighted by Crippen LogP contribution is -2.42. The van der Waals surface area contributed by atoms with Gasteiger partial charge in [0.15, 0.2) is 0 Å². The number of rotatable bonds is 3. The molecule has 1 aromatic carbocycles. The third-order valence-electron chi connectivity index (χ3n) is 4.26. The van der Waals surface area contributed by atoms with Crippen molar-refractivity contribution in [1.82, 2.24) is 14.9 Å². The number of carbonyl (C=O) groups is 1. The standard InChI is InChI=1S/C19H15F2N3O2S/c20-12-4-5-13(14(21)9-12)16-11-24(7-8-26-16)19(25)17-10-23-18(27-17)15-3-1-2-6-22-15/h1-6,9-10,16H,7-8,11H2. The number of hydrogen-bond donors (Lipinski definition) is 0. The second-order valence-corrected chi connectivity index (χ2v) is 7.05. The molecule has 27 heavy (non-hydrogen) atoms. The Morgan fingerprint density at radius 1 is 1.22 bits per heavy atom. The van der Waals surface area contributed by atoms with Gasteiger partial charge in [0.05, 0.1) is 25.0 Å². The van der Waals surface area contributed by atoms with Gasteiger partial charge in [-0.1, -0.05) is 12.1 Å². The molecule has 3 heterocycles. The number of thiazole rings is 1. The van der Waals surface area contributed by atoms with Crippen molar-refractivity contribution < 1.29 is 18.3 Å². The Balaban J connectivity index is 1.51. The minimum atomic E-state index is -0.676. The quantitative estimate of drug-likeness (QED) is 0.688. The molecule has 0 N–H and O–H groups in total. The van der Waals surface area contributed by atoms with Crippen LogP contribution in [0.5, 0.6) is 0 Å². The van der Waals surface area contributed by atoms with Gasteiger partial charge in [-0.25, -0.2) is 13.8 Å². The molecule has 1 saturated heterocycles. The van der Waals surface area contributed by atoms with E-state index in [0.29, 0.717) is 22.1 Å². The van der Waals surface area contributed by atoms with E-state index in [9.17, 15) is 13.6 Å². The molecule has 0 saturated carbocycles. The average molecular weight is 387 g/mol. The third-order valence-corrected chi connectivity index (χ3v) is 5.27. The molecule has 138 valence electrons.